The fourth-order valence-electron chi connectivity index (χ4n) is 3.63. The van der Waals surface area contributed by atoms with Crippen LogP contribution < -0.4 is 10.6 Å². The Kier molecular flexibility index (Phi) is 6.09. The average Bonchev–Trinajstić information content (AvgIpc) is 2.68. The lowest BCUT2D eigenvalue weighted by Crippen LogP contribution is -2.48. The third-order valence-electron chi connectivity index (χ3n) is 4.96. The van der Waals surface area contributed by atoms with Crippen LogP contribution in [0.1, 0.15) is 55.9 Å². The zero-order chi connectivity index (χ0) is 20.7. The molecule has 0 aromatic heterocycles. The smallest absolute Gasteiger partial charge is 0.305 e. The maximum absolute atomic E-state index is 12.7. The van der Waals surface area contributed by atoms with E-state index in [1.54, 1.807) is 0 Å². The molecule has 0 spiro atoms. The van der Waals surface area contributed by atoms with Gasteiger partial charge in [0.1, 0.15) is 0 Å². The summed E-state index contributed by atoms with van der Waals surface area (Å²) < 4.78 is 22.8. The van der Waals surface area contributed by atoms with Gasteiger partial charge in [0.2, 0.25) is 11.8 Å². The molecule has 2 saturated heterocycles. The average molecular weight is 359 g/mol. The number of carboxylic acid groups (broad SMARTS) is 1. The Hall–Kier alpha value is -1.63. The van der Waals surface area contributed by atoms with E-state index >= 15 is 0 Å². The topological polar surface area (TPSA) is 98.7 Å². The molecule has 1 unspecified atom stereocenters. The zero-order valence-corrected chi connectivity index (χ0v) is 14.6. The Labute approximate surface area is 153 Å². The normalized spacial score (nSPS) is 27.5. The third kappa shape index (κ3) is 6.65. The van der Waals surface area contributed by atoms with Gasteiger partial charge in [-0.15, -0.1) is 0 Å². The predicted octanol–water partition coefficient (Wildman–Crippen LogP) is 0.984. The highest BCUT2D eigenvalue weighted by Gasteiger charge is 2.30. The molecule has 0 aliphatic carbocycles. The highest BCUT2D eigenvalue weighted by molar-refractivity contribution is 5.86. The van der Waals surface area contributed by atoms with E-state index in [4.69, 9.17) is 9.22 Å². The van der Waals surface area contributed by atoms with Crippen LogP contribution in [0.4, 0.5) is 0 Å². The summed E-state index contributed by atoms with van der Waals surface area (Å²) in [4.78, 5) is 37.4. The van der Waals surface area contributed by atoms with Crippen LogP contribution >= 0.6 is 0 Å². The largest absolute Gasteiger partial charge is 0.481 e. The van der Waals surface area contributed by atoms with E-state index < -0.39 is 31.2 Å². The number of amides is 2. The fraction of sp³-hybridized carbons (Fsp3) is 0.833. The van der Waals surface area contributed by atoms with Gasteiger partial charge in [0.15, 0.2) is 0 Å². The number of hydrogen-bond acceptors (Lipinski definition) is 4. The van der Waals surface area contributed by atoms with Gasteiger partial charge in [-0.2, -0.15) is 0 Å². The first kappa shape index (κ1) is 15.6. The second-order valence-electron chi connectivity index (χ2n) is 6.93. The van der Waals surface area contributed by atoms with Crippen LogP contribution in [0.5, 0.6) is 0 Å². The van der Waals surface area contributed by atoms with Crippen LogP contribution in [0.2, 0.25) is 0 Å². The van der Waals surface area contributed by atoms with Crippen molar-refractivity contribution in [2.45, 2.75) is 57.8 Å². The Balaban J connectivity index is 1.87. The molecule has 142 valence electrons. The molecular weight excluding hydrogens is 322 g/mol. The molecule has 0 aromatic carbocycles. The Morgan fingerprint density at radius 1 is 1.44 bits per heavy atom. The molecule has 2 aliphatic rings. The number of likely N-dealkylation sites (tertiary alicyclic amines) is 1. The number of carbonyl (C=O) groups is 3. The molecule has 2 fully saturated rings. The van der Waals surface area contributed by atoms with Crippen molar-refractivity contribution in [2.75, 3.05) is 26.2 Å². The van der Waals surface area contributed by atoms with Crippen molar-refractivity contribution in [3.8, 4) is 0 Å². The number of nitrogens with zero attached hydrogens (tertiary/aromatic N) is 1. The van der Waals surface area contributed by atoms with Gasteiger partial charge >= 0.3 is 5.97 Å². The molecule has 2 heterocycles. The van der Waals surface area contributed by atoms with Gasteiger partial charge in [-0.3, -0.25) is 14.4 Å². The van der Waals surface area contributed by atoms with Crippen LogP contribution in [0.25, 0.3) is 0 Å². The summed E-state index contributed by atoms with van der Waals surface area (Å²) in [6.45, 7) is 1.47. The van der Waals surface area contributed by atoms with E-state index in [0.717, 1.165) is 51.6 Å². The van der Waals surface area contributed by atoms with Gasteiger partial charge in [-0.25, -0.2) is 0 Å². The zero-order valence-electron chi connectivity index (χ0n) is 17.6. The van der Waals surface area contributed by atoms with Crippen molar-refractivity contribution in [3.63, 3.8) is 0 Å². The lowest BCUT2D eigenvalue weighted by atomic mass is 9.86. The molecule has 7 nitrogen and oxygen atoms in total. The van der Waals surface area contributed by atoms with Gasteiger partial charge in [-0.1, -0.05) is 0 Å². The molecule has 0 aromatic rings. The number of piperidine rings is 2. The van der Waals surface area contributed by atoms with Crippen LogP contribution in [0, 0.1) is 11.8 Å². The van der Waals surface area contributed by atoms with Crippen molar-refractivity contribution in [1.29, 1.82) is 0 Å². The second-order valence-corrected chi connectivity index (χ2v) is 6.93. The van der Waals surface area contributed by atoms with Crippen molar-refractivity contribution < 1.29 is 23.6 Å². The molecule has 3 atom stereocenters. The molecule has 2 rings (SSSR count). The molecule has 0 bridgehead atoms. The second kappa shape index (κ2) is 9.75. The van der Waals surface area contributed by atoms with Crippen LogP contribution in [0.15, 0.2) is 0 Å². The summed E-state index contributed by atoms with van der Waals surface area (Å²) >= 11 is 0. The summed E-state index contributed by atoms with van der Waals surface area (Å²) in [6.07, 6.45) is 3.72. The van der Waals surface area contributed by atoms with E-state index in [2.05, 4.69) is 10.6 Å². The van der Waals surface area contributed by atoms with Crippen molar-refractivity contribution in [3.05, 3.63) is 0 Å². The molecule has 2 amide bonds. The number of carbonyl (C=O) groups excluding carboxylic acids is 2. The molecular formula is C18H31N3O4. The molecule has 0 saturated carbocycles. The fourth-order valence-corrected chi connectivity index (χ4v) is 3.63. The number of aliphatic carboxylic acids is 1. The molecule has 0 radical (unpaired) electrons. The van der Waals surface area contributed by atoms with Gasteiger partial charge in [0.25, 0.3) is 0 Å². The monoisotopic (exact) mass is 359 g/mol. The lowest BCUT2D eigenvalue weighted by Gasteiger charge is -2.33. The first-order chi connectivity index (χ1) is 13.3. The van der Waals surface area contributed by atoms with E-state index in [0.29, 0.717) is 12.5 Å². The highest BCUT2D eigenvalue weighted by Crippen LogP contribution is 2.27. The first-order valence-electron chi connectivity index (χ1n) is 10.8. The van der Waals surface area contributed by atoms with Crippen molar-refractivity contribution >= 4 is 17.8 Å². The molecule has 2 aliphatic heterocycles. The SMILES string of the molecule is [3H]C[C@]([3H])(NC(=O)CN1CCC[C@@H](CCC2CCNCC2)C1=O)C([3H])C(=O)O. The third-order valence-corrected chi connectivity index (χ3v) is 4.96. The highest BCUT2D eigenvalue weighted by atomic mass is 16.4. The maximum atomic E-state index is 12.7. The minimum atomic E-state index is -2.24. The van der Waals surface area contributed by atoms with Crippen LogP contribution in [0.3, 0.4) is 0 Å². The number of carboxylic acids is 1. The summed E-state index contributed by atoms with van der Waals surface area (Å²) in [5.41, 5.74) is 0. The summed E-state index contributed by atoms with van der Waals surface area (Å²) in [7, 11) is 0. The maximum Gasteiger partial charge on any atom is 0.305 e. The predicted molar refractivity (Wildman–Crippen MR) is 94.0 cm³/mol. The van der Waals surface area contributed by atoms with Crippen LogP contribution in [-0.2, 0) is 14.4 Å². The minimum Gasteiger partial charge on any atom is -0.481 e. The van der Waals surface area contributed by atoms with Crippen LogP contribution in [-0.4, -0.2) is 60.0 Å². The Morgan fingerprint density at radius 2 is 2.20 bits per heavy atom. The quantitative estimate of drug-likeness (QED) is 0.600. The number of rotatable bonds is 8. The standard InChI is InChI=1S/C18H31N3O4/c1-13(11-17(23)24)20-16(22)12-21-10-2-3-15(18(21)25)5-4-14-6-8-19-9-7-14/h13-15,19H,2-12H2,1H3,(H,20,22)(H,23,24)/t13-,15-/m0/s1/i1T,11T,13T/t11?,13-,15-. The number of hydrogen-bond donors (Lipinski definition) is 3. The molecule has 7 heteroatoms. The van der Waals surface area contributed by atoms with E-state index in [-0.39, 0.29) is 18.4 Å². The lowest BCUT2D eigenvalue weighted by molar-refractivity contribution is -0.143. The van der Waals surface area contributed by atoms with Crippen molar-refractivity contribution in [2.24, 2.45) is 11.8 Å². The Morgan fingerprint density at radius 3 is 2.88 bits per heavy atom. The van der Waals surface area contributed by atoms with Gasteiger partial charge in [0, 0.05) is 21.2 Å². The first-order valence-corrected chi connectivity index (χ1v) is 9.01. The molecule has 25 heavy (non-hydrogen) atoms. The summed E-state index contributed by atoms with van der Waals surface area (Å²) in [6, 6.07) is -2.24. The van der Waals surface area contributed by atoms with Gasteiger partial charge in [0.05, 0.1) is 14.3 Å². The molecule has 3 N–H and O–H groups in total. The van der Waals surface area contributed by atoms with E-state index in [9.17, 15) is 14.4 Å². The van der Waals surface area contributed by atoms with Gasteiger partial charge in [-0.05, 0) is 64.4 Å². The minimum absolute atomic E-state index is 0.0718. The van der Waals surface area contributed by atoms with E-state index in [1.807, 2.05) is 0 Å². The number of nitrogens with one attached hydrogen (secondary N) is 2. The van der Waals surface area contributed by atoms with Gasteiger partial charge < -0.3 is 20.6 Å². The van der Waals surface area contributed by atoms with Crippen molar-refractivity contribution in [1.82, 2.24) is 15.5 Å². The summed E-state index contributed by atoms with van der Waals surface area (Å²) in [5, 5.41) is 14.4. The van der Waals surface area contributed by atoms with E-state index in [1.165, 1.54) is 4.90 Å². The Bertz CT molecular complexity index is 574. The summed E-state index contributed by atoms with van der Waals surface area (Å²) in [5.74, 6) is -1.81.